The summed E-state index contributed by atoms with van der Waals surface area (Å²) in [5, 5.41) is 14.3. The van der Waals surface area contributed by atoms with Gasteiger partial charge in [-0.15, -0.1) is 21.5 Å². The van der Waals surface area contributed by atoms with Gasteiger partial charge in [0.15, 0.2) is 10.3 Å². The molecule has 7 nitrogen and oxygen atoms in total. The summed E-state index contributed by atoms with van der Waals surface area (Å²) in [5.41, 5.74) is 10.3. The van der Waals surface area contributed by atoms with Crippen molar-refractivity contribution in [2.24, 2.45) is 0 Å². The Kier molecular flexibility index (Phi) is 6.87. The molecule has 0 spiro atoms. The van der Waals surface area contributed by atoms with Crippen molar-refractivity contribution in [2.75, 3.05) is 11.1 Å². The van der Waals surface area contributed by atoms with Gasteiger partial charge >= 0.3 is 0 Å². The van der Waals surface area contributed by atoms with Crippen molar-refractivity contribution in [1.82, 2.24) is 19.7 Å². The maximum atomic E-state index is 13.1. The number of anilines is 2. The number of nitrogens with one attached hydrogen (secondary N) is 1. The molecule has 32 heavy (non-hydrogen) atoms. The van der Waals surface area contributed by atoms with Crippen LogP contribution in [0.4, 0.5) is 11.1 Å². The number of hydrogen-bond acceptors (Lipinski definition) is 7. The number of nitrogen functional groups attached to an aromatic ring is 1. The van der Waals surface area contributed by atoms with E-state index in [4.69, 9.17) is 5.73 Å². The van der Waals surface area contributed by atoms with Gasteiger partial charge in [-0.1, -0.05) is 78.8 Å². The summed E-state index contributed by atoms with van der Waals surface area (Å²) in [6.07, 6.45) is 0.545. The summed E-state index contributed by atoms with van der Waals surface area (Å²) in [6.45, 7) is 3.99. The van der Waals surface area contributed by atoms with Crippen LogP contribution in [0.25, 0.3) is 11.3 Å². The number of benzene rings is 2. The summed E-state index contributed by atoms with van der Waals surface area (Å²) in [6, 6.07) is 17.7. The molecule has 0 aliphatic carbocycles. The van der Waals surface area contributed by atoms with E-state index in [0.29, 0.717) is 22.5 Å². The quantitative estimate of drug-likeness (QED) is 0.349. The third-order valence-corrected chi connectivity index (χ3v) is 6.76. The zero-order valence-electron chi connectivity index (χ0n) is 17.9. The Morgan fingerprint density at radius 3 is 2.62 bits per heavy atom. The summed E-state index contributed by atoms with van der Waals surface area (Å²) in [5.74, 6) is 0.746. The fourth-order valence-electron chi connectivity index (χ4n) is 3.26. The Morgan fingerprint density at radius 2 is 1.91 bits per heavy atom. The maximum Gasteiger partial charge on any atom is 0.249 e. The van der Waals surface area contributed by atoms with Crippen LogP contribution in [0.1, 0.15) is 30.5 Å². The number of amides is 1. The molecule has 1 amide bonds. The van der Waals surface area contributed by atoms with E-state index in [0.717, 1.165) is 16.8 Å². The summed E-state index contributed by atoms with van der Waals surface area (Å²) >= 11 is 2.91. The maximum absolute atomic E-state index is 13.1. The first-order chi connectivity index (χ1) is 15.5. The minimum Gasteiger partial charge on any atom is -0.368 e. The molecule has 2 heterocycles. The molecule has 9 heteroatoms. The lowest BCUT2D eigenvalue weighted by atomic mass is 10.1. The Hall–Kier alpha value is -3.17. The van der Waals surface area contributed by atoms with Gasteiger partial charge < -0.3 is 11.1 Å². The van der Waals surface area contributed by atoms with Crippen LogP contribution >= 0.6 is 23.1 Å². The van der Waals surface area contributed by atoms with Crippen molar-refractivity contribution in [3.05, 3.63) is 71.1 Å². The smallest absolute Gasteiger partial charge is 0.249 e. The zero-order chi connectivity index (χ0) is 22.5. The molecule has 0 aliphatic rings. The van der Waals surface area contributed by atoms with Gasteiger partial charge in [0.1, 0.15) is 6.04 Å². The Morgan fingerprint density at radius 1 is 1.16 bits per heavy atom. The standard InChI is InChI=1S/C23H24N6OS2/c1-3-19(29-21(24)27-28-23(29)32-13-16-7-5-4-6-8-16)20(30)26-22-25-18(14-31-22)17-11-9-15(2)10-12-17/h4-12,14,19H,3,13H2,1-2H3,(H2,24,27)(H,25,26,30). The van der Waals surface area contributed by atoms with Gasteiger partial charge in [0.05, 0.1) is 5.69 Å². The number of carbonyl (C=O) groups is 1. The summed E-state index contributed by atoms with van der Waals surface area (Å²) in [7, 11) is 0. The summed E-state index contributed by atoms with van der Waals surface area (Å²) < 4.78 is 1.71. The lowest BCUT2D eigenvalue weighted by Gasteiger charge is -2.18. The van der Waals surface area contributed by atoms with Gasteiger partial charge in [-0.25, -0.2) is 4.98 Å². The normalized spacial score (nSPS) is 11.9. The van der Waals surface area contributed by atoms with E-state index in [1.165, 1.54) is 28.7 Å². The van der Waals surface area contributed by atoms with Crippen LogP contribution in [-0.4, -0.2) is 25.7 Å². The molecule has 0 radical (unpaired) electrons. The van der Waals surface area contributed by atoms with Gasteiger partial charge in [-0.05, 0) is 18.9 Å². The van der Waals surface area contributed by atoms with Crippen LogP contribution in [0.2, 0.25) is 0 Å². The first kappa shape index (κ1) is 22.0. The molecule has 0 fully saturated rings. The van der Waals surface area contributed by atoms with Crippen LogP contribution in [0.5, 0.6) is 0 Å². The Balaban J connectivity index is 1.49. The van der Waals surface area contributed by atoms with Gasteiger partial charge in [0, 0.05) is 16.7 Å². The second-order valence-corrected chi connectivity index (χ2v) is 9.10. The largest absolute Gasteiger partial charge is 0.368 e. The van der Waals surface area contributed by atoms with E-state index in [1.807, 2.05) is 61.7 Å². The van der Waals surface area contributed by atoms with Crippen LogP contribution in [0, 0.1) is 6.92 Å². The zero-order valence-corrected chi connectivity index (χ0v) is 19.5. The number of aromatic nitrogens is 4. The van der Waals surface area contributed by atoms with E-state index < -0.39 is 6.04 Å². The number of hydrogen-bond donors (Lipinski definition) is 2. The molecule has 0 saturated carbocycles. The van der Waals surface area contributed by atoms with Crippen molar-refractivity contribution >= 4 is 40.1 Å². The predicted molar refractivity (Wildman–Crippen MR) is 131 cm³/mol. The molecule has 0 saturated heterocycles. The molecule has 2 aromatic carbocycles. The number of thioether (sulfide) groups is 1. The topological polar surface area (TPSA) is 98.7 Å². The number of carbonyl (C=O) groups excluding carboxylic acids is 1. The number of nitrogens with zero attached hydrogens (tertiary/aromatic N) is 4. The highest BCUT2D eigenvalue weighted by Gasteiger charge is 2.25. The van der Waals surface area contributed by atoms with Gasteiger partial charge in [0.2, 0.25) is 11.9 Å². The average molecular weight is 465 g/mol. The van der Waals surface area contributed by atoms with Crippen molar-refractivity contribution in [1.29, 1.82) is 0 Å². The highest BCUT2D eigenvalue weighted by Crippen LogP contribution is 2.30. The lowest BCUT2D eigenvalue weighted by Crippen LogP contribution is -2.27. The average Bonchev–Trinajstić information content (AvgIpc) is 3.41. The van der Waals surface area contributed by atoms with Gasteiger partial charge in [-0.3, -0.25) is 9.36 Å². The first-order valence-electron chi connectivity index (χ1n) is 10.3. The summed E-state index contributed by atoms with van der Waals surface area (Å²) in [4.78, 5) is 17.7. The molecule has 0 bridgehead atoms. The van der Waals surface area contributed by atoms with Gasteiger partial charge in [0.25, 0.3) is 0 Å². The van der Waals surface area contributed by atoms with E-state index >= 15 is 0 Å². The van der Waals surface area contributed by atoms with E-state index in [2.05, 4.69) is 32.6 Å². The van der Waals surface area contributed by atoms with E-state index in [9.17, 15) is 4.79 Å². The van der Waals surface area contributed by atoms with E-state index in [1.54, 1.807) is 4.57 Å². The first-order valence-corrected chi connectivity index (χ1v) is 12.1. The number of aryl methyl sites for hydroxylation is 1. The number of rotatable bonds is 8. The Bertz CT molecular complexity index is 1190. The fourth-order valence-corrected chi connectivity index (χ4v) is 4.93. The van der Waals surface area contributed by atoms with Crippen molar-refractivity contribution in [3.63, 3.8) is 0 Å². The highest BCUT2D eigenvalue weighted by molar-refractivity contribution is 7.98. The fraction of sp³-hybridized carbons (Fsp3) is 0.217. The van der Waals surface area contributed by atoms with Crippen molar-refractivity contribution in [2.45, 2.75) is 37.2 Å². The molecule has 2 aromatic heterocycles. The molecule has 4 rings (SSSR count). The van der Waals surface area contributed by atoms with Gasteiger partial charge in [-0.2, -0.15) is 0 Å². The molecule has 1 atom stereocenters. The van der Waals surface area contributed by atoms with Crippen LogP contribution in [0.3, 0.4) is 0 Å². The molecule has 1 unspecified atom stereocenters. The number of nitrogens with two attached hydrogens (primary N) is 1. The van der Waals surface area contributed by atoms with E-state index in [-0.39, 0.29) is 11.9 Å². The molecule has 164 valence electrons. The van der Waals surface area contributed by atoms with Crippen LogP contribution in [-0.2, 0) is 10.5 Å². The molecular formula is C23H24N6OS2. The molecular weight excluding hydrogens is 440 g/mol. The second kappa shape index (κ2) is 9.97. The van der Waals surface area contributed by atoms with Crippen LogP contribution < -0.4 is 11.1 Å². The van der Waals surface area contributed by atoms with Crippen LogP contribution in [0.15, 0.2) is 65.1 Å². The predicted octanol–water partition coefficient (Wildman–Crippen LogP) is 5.17. The highest BCUT2D eigenvalue weighted by atomic mass is 32.2. The monoisotopic (exact) mass is 464 g/mol. The third kappa shape index (κ3) is 5.00. The minimum absolute atomic E-state index is 0.189. The Labute approximate surface area is 195 Å². The molecule has 3 N–H and O–H groups in total. The third-order valence-electron chi connectivity index (χ3n) is 4.98. The second-order valence-electron chi connectivity index (χ2n) is 7.30. The van der Waals surface area contributed by atoms with Crippen molar-refractivity contribution in [3.8, 4) is 11.3 Å². The van der Waals surface area contributed by atoms with Crippen molar-refractivity contribution < 1.29 is 4.79 Å². The number of thiazole rings is 1. The molecule has 4 aromatic rings. The lowest BCUT2D eigenvalue weighted by molar-refractivity contribution is -0.119. The SMILES string of the molecule is CCC(C(=O)Nc1nc(-c2ccc(C)cc2)cs1)n1c(N)nnc1SCc1ccccc1. The molecule has 0 aliphatic heterocycles. The minimum atomic E-state index is -0.532.